The minimum atomic E-state index is -0.384. The zero-order valence-corrected chi connectivity index (χ0v) is 19.0. The number of aromatic nitrogens is 2. The lowest BCUT2D eigenvalue weighted by atomic mass is 9.96. The van der Waals surface area contributed by atoms with Crippen molar-refractivity contribution < 1.29 is 13.6 Å². The van der Waals surface area contributed by atoms with Crippen LogP contribution in [0.1, 0.15) is 18.4 Å². The van der Waals surface area contributed by atoms with Crippen LogP contribution in [0.2, 0.25) is 0 Å². The van der Waals surface area contributed by atoms with Crippen LogP contribution in [-0.4, -0.2) is 28.5 Å². The van der Waals surface area contributed by atoms with Gasteiger partial charge in [0.25, 0.3) is 5.56 Å². The molecule has 3 heterocycles. The Morgan fingerprint density at radius 1 is 1.06 bits per heavy atom. The molecule has 9 heteroatoms. The second-order valence-corrected chi connectivity index (χ2v) is 9.15. The molecule has 6 nitrogen and oxygen atoms in total. The van der Waals surface area contributed by atoms with Crippen molar-refractivity contribution in [2.45, 2.75) is 19.4 Å². The minimum absolute atomic E-state index is 0.111. The summed E-state index contributed by atoms with van der Waals surface area (Å²) in [6.07, 6.45) is 1.15. The zero-order chi connectivity index (χ0) is 23.7. The molecule has 0 aliphatic carbocycles. The van der Waals surface area contributed by atoms with Gasteiger partial charge in [-0.25, -0.2) is 18.3 Å². The van der Waals surface area contributed by atoms with Gasteiger partial charge in [-0.3, -0.25) is 9.59 Å². The van der Waals surface area contributed by atoms with Crippen LogP contribution in [0, 0.1) is 17.6 Å². The number of piperidine rings is 1. The first kappa shape index (κ1) is 22.2. The number of carbonyl (C=O) groups excluding carboxylic acids is 1. The van der Waals surface area contributed by atoms with E-state index >= 15 is 0 Å². The Labute approximate surface area is 198 Å². The Kier molecular flexibility index (Phi) is 6.10. The van der Waals surface area contributed by atoms with E-state index in [1.54, 1.807) is 30.3 Å². The number of nitrogens with one attached hydrogen (secondary N) is 1. The van der Waals surface area contributed by atoms with Crippen molar-refractivity contribution in [3.05, 3.63) is 87.5 Å². The van der Waals surface area contributed by atoms with E-state index in [0.29, 0.717) is 53.3 Å². The first-order valence-corrected chi connectivity index (χ1v) is 11.9. The molecule has 0 spiro atoms. The van der Waals surface area contributed by atoms with E-state index in [9.17, 15) is 18.4 Å². The van der Waals surface area contributed by atoms with E-state index in [0.717, 1.165) is 0 Å². The van der Waals surface area contributed by atoms with Crippen LogP contribution in [0.15, 0.2) is 64.8 Å². The van der Waals surface area contributed by atoms with Crippen molar-refractivity contribution in [2.24, 2.45) is 5.92 Å². The summed E-state index contributed by atoms with van der Waals surface area (Å²) >= 11 is 1.32. The van der Waals surface area contributed by atoms with Crippen molar-refractivity contribution in [1.29, 1.82) is 0 Å². The molecule has 4 aromatic rings. The molecule has 1 fully saturated rings. The molecule has 1 aliphatic heterocycles. The number of rotatable bonds is 5. The monoisotopic (exact) mass is 480 g/mol. The van der Waals surface area contributed by atoms with Crippen molar-refractivity contribution >= 4 is 33.4 Å². The Balaban J connectivity index is 1.35. The predicted octanol–water partition coefficient (Wildman–Crippen LogP) is 4.26. The van der Waals surface area contributed by atoms with E-state index in [1.807, 2.05) is 16.3 Å². The Hall–Kier alpha value is -3.59. The minimum Gasteiger partial charge on any atom is -0.352 e. The van der Waals surface area contributed by atoms with Crippen LogP contribution in [0.4, 0.5) is 14.7 Å². The highest BCUT2D eigenvalue weighted by atomic mass is 32.1. The number of hydrogen-bond acceptors (Lipinski definition) is 5. The third-order valence-electron chi connectivity index (χ3n) is 6.11. The van der Waals surface area contributed by atoms with Crippen molar-refractivity contribution in [1.82, 2.24) is 14.9 Å². The van der Waals surface area contributed by atoms with E-state index in [4.69, 9.17) is 4.98 Å². The summed E-state index contributed by atoms with van der Waals surface area (Å²) in [5, 5.41) is 4.66. The van der Waals surface area contributed by atoms with Gasteiger partial charge in [-0.05, 0) is 54.6 Å². The molecular weight excluding hydrogens is 458 g/mol. The Bertz CT molecular complexity index is 1390. The predicted molar refractivity (Wildman–Crippen MR) is 128 cm³/mol. The molecule has 1 N–H and O–H groups in total. The van der Waals surface area contributed by atoms with E-state index in [2.05, 4.69) is 5.32 Å². The van der Waals surface area contributed by atoms with Crippen molar-refractivity contribution in [2.75, 3.05) is 18.0 Å². The largest absolute Gasteiger partial charge is 0.352 e. The summed E-state index contributed by atoms with van der Waals surface area (Å²) in [6, 6.07) is 13.9. The van der Waals surface area contributed by atoms with E-state index < -0.39 is 0 Å². The molecule has 1 amide bonds. The summed E-state index contributed by atoms with van der Waals surface area (Å²) in [6.45, 7) is 1.20. The number of amides is 1. The van der Waals surface area contributed by atoms with Gasteiger partial charge < -0.3 is 10.2 Å². The van der Waals surface area contributed by atoms with Gasteiger partial charge in [0.05, 0.1) is 11.2 Å². The molecule has 1 saturated heterocycles. The fourth-order valence-electron chi connectivity index (χ4n) is 4.25. The lowest BCUT2D eigenvalue weighted by molar-refractivity contribution is -0.125. The average Bonchev–Trinajstić information content (AvgIpc) is 3.33. The maximum absolute atomic E-state index is 13.8. The fraction of sp³-hybridized carbons (Fsp3) is 0.240. The van der Waals surface area contributed by atoms with Gasteiger partial charge in [0.15, 0.2) is 0 Å². The number of hydrogen-bond donors (Lipinski definition) is 1. The lowest BCUT2D eigenvalue weighted by Gasteiger charge is -2.33. The average molecular weight is 481 g/mol. The van der Waals surface area contributed by atoms with Crippen LogP contribution in [0.25, 0.3) is 15.9 Å². The Morgan fingerprint density at radius 3 is 2.53 bits per heavy atom. The molecule has 0 atom stereocenters. The molecule has 174 valence electrons. The third-order valence-corrected chi connectivity index (χ3v) is 7.00. The number of fused-ring (bicyclic) bond motifs is 1. The van der Waals surface area contributed by atoms with Crippen LogP contribution in [0.3, 0.4) is 0 Å². The molecular formula is C25H22F2N4O2S. The second-order valence-electron chi connectivity index (χ2n) is 8.23. The number of carbonyl (C=O) groups is 1. The number of benzene rings is 2. The van der Waals surface area contributed by atoms with Gasteiger partial charge >= 0.3 is 0 Å². The molecule has 2 aromatic heterocycles. The first-order valence-electron chi connectivity index (χ1n) is 11.0. The van der Waals surface area contributed by atoms with Gasteiger partial charge in [-0.2, -0.15) is 0 Å². The van der Waals surface area contributed by atoms with Gasteiger partial charge in [-0.15, -0.1) is 11.3 Å². The standard InChI is InChI=1S/C25H22F2N4O2S/c26-18-5-7-19(8-6-18)31-24(33)22-21(11-14-34-22)29-25(31)30-12-9-16(10-13-30)23(32)28-15-17-3-1-2-4-20(17)27/h1-8,11,14,16H,9-10,12-13,15H2,(H,28,32). The van der Waals surface area contributed by atoms with Crippen molar-refractivity contribution in [3.63, 3.8) is 0 Å². The molecule has 0 saturated carbocycles. The zero-order valence-electron chi connectivity index (χ0n) is 18.2. The summed E-state index contributed by atoms with van der Waals surface area (Å²) in [5.74, 6) is -0.566. The van der Waals surface area contributed by atoms with Crippen molar-refractivity contribution in [3.8, 4) is 5.69 Å². The smallest absolute Gasteiger partial charge is 0.277 e. The maximum atomic E-state index is 13.8. The maximum Gasteiger partial charge on any atom is 0.277 e. The number of halogens is 2. The van der Waals surface area contributed by atoms with Gasteiger partial charge in [0.2, 0.25) is 11.9 Å². The molecule has 0 bridgehead atoms. The summed E-state index contributed by atoms with van der Waals surface area (Å²) < 4.78 is 29.4. The van der Waals surface area contributed by atoms with Gasteiger partial charge in [-0.1, -0.05) is 18.2 Å². The van der Waals surface area contributed by atoms with Crippen LogP contribution < -0.4 is 15.8 Å². The molecule has 2 aromatic carbocycles. The van der Waals surface area contributed by atoms with Gasteiger partial charge in [0.1, 0.15) is 16.3 Å². The number of thiophene rings is 1. The molecule has 0 radical (unpaired) electrons. The van der Waals surface area contributed by atoms with Crippen LogP contribution >= 0.6 is 11.3 Å². The van der Waals surface area contributed by atoms with E-state index in [1.165, 1.54) is 34.1 Å². The van der Waals surface area contributed by atoms with Gasteiger partial charge in [0, 0.05) is 31.1 Å². The highest BCUT2D eigenvalue weighted by Gasteiger charge is 2.28. The van der Waals surface area contributed by atoms with Crippen LogP contribution in [-0.2, 0) is 11.3 Å². The third kappa shape index (κ3) is 4.31. The number of nitrogens with zero attached hydrogens (tertiary/aromatic N) is 3. The summed E-state index contributed by atoms with van der Waals surface area (Å²) in [4.78, 5) is 32.7. The fourth-order valence-corrected chi connectivity index (χ4v) is 5.01. The second kappa shape index (κ2) is 9.34. The topological polar surface area (TPSA) is 67.2 Å². The molecule has 34 heavy (non-hydrogen) atoms. The Morgan fingerprint density at radius 2 is 1.79 bits per heavy atom. The normalized spacial score (nSPS) is 14.5. The number of anilines is 1. The summed E-state index contributed by atoms with van der Waals surface area (Å²) in [7, 11) is 0. The van der Waals surface area contributed by atoms with Crippen LogP contribution in [0.5, 0.6) is 0 Å². The van der Waals surface area contributed by atoms with E-state index in [-0.39, 0.29) is 35.6 Å². The first-order chi connectivity index (χ1) is 16.5. The molecule has 0 unspecified atom stereocenters. The molecule has 1 aliphatic rings. The molecule has 5 rings (SSSR count). The summed E-state index contributed by atoms with van der Waals surface area (Å²) in [5.41, 5.74) is 1.40. The SMILES string of the molecule is O=C(NCc1ccccc1F)C1CCN(c2nc3ccsc3c(=O)n2-c2ccc(F)cc2)CC1. The lowest BCUT2D eigenvalue weighted by Crippen LogP contribution is -2.42. The highest BCUT2D eigenvalue weighted by molar-refractivity contribution is 7.17. The quantitative estimate of drug-likeness (QED) is 0.464. The highest BCUT2D eigenvalue weighted by Crippen LogP contribution is 2.26.